The number of nitrogens with one attached hydrogen (secondary N) is 1. The van der Waals surface area contributed by atoms with Crippen molar-refractivity contribution in [1.82, 2.24) is 0 Å². The predicted octanol–water partition coefficient (Wildman–Crippen LogP) is 3.31. The highest BCUT2D eigenvalue weighted by molar-refractivity contribution is 6.31. The van der Waals surface area contributed by atoms with Crippen molar-refractivity contribution in [1.29, 1.82) is 0 Å². The molecule has 1 aliphatic carbocycles. The molecular weight excluding hydrogens is 324 g/mol. The molecule has 0 heterocycles. The normalized spacial score (nSPS) is 14.5. The zero-order valence-electron chi connectivity index (χ0n) is 12.4. The van der Waals surface area contributed by atoms with Gasteiger partial charge in [-0.1, -0.05) is 24.4 Å². The summed E-state index contributed by atoms with van der Waals surface area (Å²) in [6.45, 7) is -0.477. The van der Waals surface area contributed by atoms with Crippen molar-refractivity contribution in [3.8, 4) is 0 Å². The van der Waals surface area contributed by atoms with Crippen molar-refractivity contribution in [3.05, 3.63) is 33.3 Å². The molecule has 1 fully saturated rings. The van der Waals surface area contributed by atoms with Crippen LogP contribution < -0.4 is 5.32 Å². The topological polar surface area (TPSA) is 98.5 Å². The highest BCUT2D eigenvalue weighted by atomic mass is 35.5. The average Bonchev–Trinajstić information content (AvgIpc) is 2.98. The van der Waals surface area contributed by atoms with Gasteiger partial charge in [0.25, 0.3) is 11.6 Å². The van der Waals surface area contributed by atoms with E-state index < -0.39 is 23.4 Å². The van der Waals surface area contributed by atoms with Gasteiger partial charge < -0.3 is 10.1 Å². The second-order valence-corrected chi connectivity index (χ2v) is 5.92. The second-order valence-electron chi connectivity index (χ2n) is 5.48. The zero-order chi connectivity index (χ0) is 16.8. The van der Waals surface area contributed by atoms with Gasteiger partial charge in [0.15, 0.2) is 6.61 Å². The van der Waals surface area contributed by atoms with Crippen LogP contribution in [0.5, 0.6) is 0 Å². The minimum absolute atomic E-state index is 0.0284. The summed E-state index contributed by atoms with van der Waals surface area (Å²) >= 11 is 5.77. The fraction of sp³-hybridized carbons (Fsp3) is 0.467. The first-order valence-electron chi connectivity index (χ1n) is 7.35. The summed E-state index contributed by atoms with van der Waals surface area (Å²) in [5.74, 6) is -0.734. The van der Waals surface area contributed by atoms with Gasteiger partial charge in [0.05, 0.1) is 4.92 Å². The zero-order valence-corrected chi connectivity index (χ0v) is 13.2. The number of nitro groups is 1. The number of amides is 1. The Bertz CT molecular complexity index is 614. The number of benzene rings is 1. The quantitative estimate of drug-likeness (QED) is 0.486. The average molecular weight is 341 g/mol. The Balaban J connectivity index is 1.86. The molecule has 0 atom stereocenters. The summed E-state index contributed by atoms with van der Waals surface area (Å²) < 4.78 is 4.91. The number of hydrogen-bond acceptors (Lipinski definition) is 5. The third-order valence-corrected chi connectivity index (χ3v) is 3.96. The van der Waals surface area contributed by atoms with E-state index in [1.807, 2.05) is 0 Å². The van der Waals surface area contributed by atoms with Crippen LogP contribution in [-0.2, 0) is 14.3 Å². The SMILES string of the molecule is O=C(COC(=O)CC1CCCC1)Nc1cc(Cl)ccc1[N+](=O)[O-]. The summed E-state index contributed by atoms with van der Waals surface area (Å²) in [6, 6.07) is 3.83. The van der Waals surface area contributed by atoms with Crippen LogP contribution in [0.3, 0.4) is 0 Å². The van der Waals surface area contributed by atoms with E-state index in [-0.39, 0.29) is 16.4 Å². The van der Waals surface area contributed by atoms with Gasteiger partial charge >= 0.3 is 5.97 Å². The van der Waals surface area contributed by atoms with Crippen molar-refractivity contribution in [3.63, 3.8) is 0 Å². The maximum Gasteiger partial charge on any atom is 0.306 e. The molecule has 2 rings (SSSR count). The molecule has 1 aromatic carbocycles. The van der Waals surface area contributed by atoms with Crippen LogP contribution in [0.4, 0.5) is 11.4 Å². The standard InChI is InChI=1S/C15H17ClN2O5/c16-11-5-6-13(18(21)22)12(8-11)17-14(19)9-23-15(20)7-10-3-1-2-4-10/h5-6,8,10H,1-4,7,9H2,(H,17,19). The molecule has 0 aromatic heterocycles. The van der Waals surface area contributed by atoms with Crippen LogP contribution in [0, 0.1) is 16.0 Å². The molecular formula is C15H17ClN2O5. The Kier molecular flexibility index (Phi) is 5.92. The van der Waals surface area contributed by atoms with E-state index >= 15 is 0 Å². The molecule has 1 aromatic rings. The summed E-state index contributed by atoms with van der Waals surface area (Å²) in [4.78, 5) is 33.7. The van der Waals surface area contributed by atoms with E-state index in [0.29, 0.717) is 12.3 Å². The lowest BCUT2D eigenvalue weighted by Gasteiger charge is -2.09. The Hall–Kier alpha value is -2.15. The predicted molar refractivity (Wildman–Crippen MR) is 84.3 cm³/mol. The molecule has 0 bridgehead atoms. The summed E-state index contributed by atoms with van der Waals surface area (Å²) in [6.07, 6.45) is 4.57. The molecule has 0 saturated heterocycles. The van der Waals surface area contributed by atoms with Crippen molar-refractivity contribution >= 4 is 34.9 Å². The van der Waals surface area contributed by atoms with Crippen LogP contribution in [0.2, 0.25) is 5.02 Å². The van der Waals surface area contributed by atoms with Crippen LogP contribution in [0.15, 0.2) is 18.2 Å². The molecule has 0 aliphatic heterocycles. The molecule has 1 saturated carbocycles. The van der Waals surface area contributed by atoms with Crippen LogP contribution >= 0.6 is 11.6 Å². The second kappa shape index (κ2) is 7.92. The number of halogens is 1. The maximum absolute atomic E-state index is 11.8. The molecule has 7 nitrogen and oxygen atoms in total. The van der Waals surface area contributed by atoms with Crippen molar-refractivity contribution < 1.29 is 19.2 Å². The van der Waals surface area contributed by atoms with Crippen LogP contribution in [0.25, 0.3) is 0 Å². The fourth-order valence-corrected chi connectivity index (χ4v) is 2.78. The lowest BCUT2D eigenvalue weighted by Crippen LogP contribution is -2.22. The Morgan fingerprint density at radius 2 is 2.04 bits per heavy atom. The number of carbonyl (C=O) groups is 2. The van der Waals surface area contributed by atoms with Gasteiger partial charge in [-0.15, -0.1) is 0 Å². The van der Waals surface area contributed by atoms with Crippen molar-refractivity contribution in [2.75, 3.05) is 11.9 Å². The van der Waals surface area contributed by atoms with E-state index in [4.69, 9.17) is 16.3 Å². The molecule has 1 N–H and O–H groups in total. The van der Waals surface area contributed by atoms with E-state index in [1.165, 1.54) is 18.2 Å². The first-order chi connectivity index (χ1) is 11.0. The van der Waals surface area contributed by atoms with Crippen molar-refractivity contribution in [2.24, 2.45) is 5.92 Å². The number of nitrogens with zero attached hydrogens (tertiary/aromatic N) is 1. The van der Waals surface area contributed by atoms with Gasteiger partial charge in [0, 0.05) is 17.5 Å². The molecule has 0 unspecified atom stereocenters. The Morgan fingerprint density at radius 3 is 2.70 bits per heavy atom. The van der Waals surface area contributed by atoms with Crippen molar-refractivity contribution in [2.45, 2.75) is 32.1 Å². The van der Waals surface area contributed by atoms with Gasteiger partial charge in [0.1, 0.15) is 5.69 Å². The maximum atomic E-state index is 11.8. The number of carbonyl (C=O) groups excluding carboxylic acids is 2. The number of esters is 1. The molecule has 0 spiro atoms. The first-order valence-corrected chi connectivity index (χ1v) is 7.73. The van der Waals surface area contributed by atoms with Gasteiger partial charge in [-0.2, -0.15) is 0 Å². The van der Waals surface area contributed by atoms with E-state index in [0.717, 1.165) is 25.7 Å². The first kappa shape index (κ1) is 17.2. The Morgan fingerprint density at radius 1 is 1.35 bits per heavy atom. The molecule has 124 valence electrons. The smallest absolute Gasteiger partial charge is 0.306 e. The van der Waals surface area contributed by atoms with E-state index in [2.05, 4.69) is 5.32 Å². The highest BCUT2D eigenvalue weighted by Crippen LogP contribution is 2.28. The van der Waals surface area contributed by atoms with Gasteiger partial charge in [0.2, 0.25) is 0 Å². The summed E-state index contributed by atoms with van der Waals surface area (Å²) in [5, 5.41) is 13.5. The molecule has 8 heteroatoms. The van der Waals surface area contributed by atoms with Crippen LogP contribution in [0.1, 0.15) is 32.1 Å². The minimum atomic E-state index is -0.643. The lowest BCUT2D eigenvalue weighted by atomic mass is 10.1. The fourth-order valence-electron chi connectivity index (χ4n) is 2.61. The molecule has 23 heavy (non-hydrogen) atoms. The number of hydrogen-bond donors (Lipinski definition) is 1. The van der Waals surface area contributed by atoms with E-state index in [1.54, 1.807) is 0 Å². The molecule has 0 radical (unpaired) electrons. The minimum Gasteiger partial charge on any atom is -0.456 e. The molecule has 1 amide bonds. The number of nitro benzene ring substituents is 1. The third kappa shape index (κ3) is 5.21. The monoisotopic (exact) mass is 340 g/mol. The Labute approximate surface area is 138 Å². The summed E-state index contributed by atoms with van der Waals surface area (Å²) in [5.41, 5.74) is -0.306. The largest absolute Gasteiger partial charge is 0.456 e. The number of anilines is 1. The summed E-state index contributed by atoms with van der Waals surface area (Å²) in [7, 11) is 0. The molecule has 1 aliphatic rings. The van der Waals surface area contributed by atoms with Crippen LogP contribution in [-0.4, -0.2) is 23.4 Å². The van der Waals surface area contributed by atoms with E-state index in [9.17, 15) is 19.7 Å². The van der Waals surface area contributed by atoms with Gasteiger partial charge in [-0.05, 0) is 30.9 Å². The highest BCUT2D eigenvalue weighted by Gasteiger charge is 2.21. The van der Waals surface area contributed by atoms with Gasteiger partial charge in [-0.3, -0.25) is 19.7 Å². The number of rotatable bonds is 6. The number of ether oxygens (including phenoxy) is 1. The van der Waals surface area contributed by atoms with Gasteiger partial charge in [-0.25, -0.2) is 0 Å². The third-order valence-electron chi connectivity index (χ3n) is 3.72. The lowest BCUT2D eigenvalue weighted by molar-refractivity contribution is -0.383.